The molecule has 2 rings (SSSR count). The normalized spacial score (nSPS) is 13.1. The summed E-state index contributed by atoms with van der Waals surface area (Å²) in [5.74, 6) is 6.34. The van der Waals surface area contributed by atoms with E-state index in [1.165, 1.54) is 11.1 Å². The second-order valence-electron chi connectivity index (χ2n) is 4.40. The minimum Gasteiger partial charge on any atom is -0.493 e. The van der Waals surface area contributed by atoms with Crippen LogP contribution in [0.3, 0.4) is 0 Å². The molecule has 1 heterocycles. The third-order valence-electron chi connectivity index (χ3n) is 3.00. The molecule has 0 bridgehead atoms. The van der Waals surface area contributed by atoms with Gasteiger partial charge >= 0.3 is 0 Å². The molecule has 1 aliphatic heterocycles. The molecule has 1 aromatic rings. The summed E-state index contributed by atoms with van der Waals surface area (Å²) in [6.45, 7) is 0.787. The Kier molecular flexibility index (Phi) is 3.64. The highest BCUT2D eigenvalue weighted by Gasteiger charge is 2.12. The Hall–Kier alpha value is -1.55. The maximum absolute atomic E-state index is 11.3. The van der Waals surface area contributed by atoms with E-state index in [-0.39, 0.29) is 5.91 Å². The Morgan fingerprint density at radius 2 is 2.35 bits per heavy atom. The van der Waals surface area contributed by atoms with E-state index in [1.807, 2.05) is 6.07 Å². The van der Waals surface area contributed by atoms with Gasteiger partial charge in [0.2, 0.25) is 5.91 Å². The zero-order chi connectivity index (χ0) is 12.3. The Morgan fingerprint density at radius 3 is 3.12 bits per heavy atom. The lowest BCUT2D eigenvalue weighted by Gasteiger charge is -2.09. The van der Waals surface area contributed by atoms with Gasteiger partial charge in [-0.15, -0.1) is 0 Å². The lowest BCUT2D eigenvalue weighted by molar-refractivity contribution is -0.130. The molecular formula is C13H18N2O2. The highest BCUT2D eigenvalue weighted by Crippen LogP contribution is 2.26. The fraction of sp³-hybridized carbons (Fsp3) is 0.462. The second-order valence-corrected chi connectivity index (χ2v) is 4.40. The molecule has 0 radical (unpaired) electrons. The van der Waals surface area contributed by atoms with Crippen molar-refractivity contribution < 1.29 is 9.53 Å². The first-order chi connectivity index (χ1) is 8.16. The second kappa shape index (κ2) is 5.19. The van der Waals surface area contributed by atoms with Crippen LogP contribution in [0.2, 0.25) is 0 Å². The van der Waals surface area contributed by atoms with Gasteiger partial charge in [0.15, 0.2) is 0 Å². The molecule has 0 unspecified atom stereocenters. The van der Waals surface area contributed by atoms with Gasteiger partial charge in [-0.1, -0.05) is 12.1 Å². The van der Waals surface area contributed by atoms with E-state index in [2.05, 4.69) is 12.1 Å². The predicted octanol–water partition coefficient (Wildman–Crippen LogP) is 1.28. The number of hydrogen-bond acceptors (Lipinski definition) is 3. The third-order valence-corrected chi connectivity index (χ3v) is 3.00. The number of rotatable bonds is 4. The summed E-state index contributed by atoms with van der Waals surface area (Å²) in [4.78, 5) is 11.3. The van der Waals surface area contributed by atoms with Crippen LogP contribution < -0.4 is 10.6 Å². The Morgan fingerprint density at radius 1 is 1.53 bits per heavy atom. The molecule has 0 saturated heterocycles. The third kappa shape index (κ3) is 2.97. The quantitative estimate of drug-likeness (QED) is 0.485. The van der Waals surface area contributed by atoms with E-state index in [0.29, 0.717) is 6.42 Å². The summed E-state index contributed by atoms with van der Waals surface area (Å²) in [6, 6.07) is 6.27. The molecule has 0 atom stereocenters. The SMILES string of the molecule is CN(N)C(=O)CCCc1ccc2c(c1)CCO2. The van der Waals surface area contributed by atoms with Crippen LogP contribution in [0.25, 0.3) is 0 Å². The first kappa shape index (κ1) is 11.9. The average molecular weight is 234 g/mol. The number of nitrogens with zero attached hydrogens (tertiary/aromatic N) is 1. The monoisotopic (exact) mass is 234 g/mol. The van der Waals surface area contributed by atoms with Crippen molar-refractivity contribution in [1.82, 2.24) is 5.01 Å². The number of hydrazine groups is 1. The van der Waals surface area contributed by atoms with Crippen molar-refractivity contribution in [2.75, 3.05) is 13.7 Å². The summed E-state index contributed by atoms with van der Waals surface area (Å²) in [5.41, 5.74) is 2.55. The molecule has 17 heavy (non-hydrogen) atoms. The van der Waals surface area contributed by atoms with E-state index in [4.69, 9.17) is 10.6 Å². The topological polar surface area (TPSA) is 55.6 Å². The first-order valence-corrected chi connectivity index (χ1v) is 5.92. The zero-order valence-electron chi connectivity index (χ0n) is 10.1. The van der Waals surface area contributed by atoms with Gasteiger partial charge in [0.05, 0.1) is 6.61 Å². The number of fused-ring (bicyclic) bond motifs is 1. The summed E-state index contributed by atoms with van der Waals surface area (Å²) in [5, 5.41) is 1.15. The van der Waals surface area contributed by atoms with Crippen molar-refractivity contribution in [2.45, 2.75) is 25.7 Å². The Bertz CT molecular complexity index is 416. The summed E-state index contributed by atoms with van der Waals surface area (Å²) < 4.78 is 5.45. The van der Waals surface area contributed by atoms with Crippen molar-refractivity contribution in [3.8, 4) is 5.75 Å². The highest BCUT2D eigenvalue weighted by molar-refractivity contribution is 5.75. The molecule has 1 amide bonds. The Balaban J connectivity index is 1.85. The average Bonchev–Trinajstić information content (AvgIpc) is 2.75. The van der Waals surface area contributed by atoms with E-state index in [0.717, 1.165) is 36.6 Å². The summed E-state index contributed by atoms with van der Waals surface area (Å²) in [7, 11) is 1.58. The van der Waals surface area contributed by atoms with Gasteiger partial charge in [-0.25, -0.2) is 5.84 Å². The standard InChI is InChI=1S/C13H18N2O2/c1-15(14)13(16)4-2-3-10-5-6-12-11(9-10)7-8-17-12/h5-6,9H,2-4,7-8,14H2,1H3. The molecule has 0 fully saturated rings. The summed E-state index contributed by atoms with van der Waals surface area (Å²) >= 11 is 0. The lowest BCUT2D eigenvalue weighted by Crippen LogP contribution is -2.32. The molecular weight excluding hydrogens is 216 g/mol. The van der Waals surface area contributed by atoms with Crippen LogP contribution in [0.5, 0.6) is 5.75 Å². The molecule has 4 nitrogen and oxygen atoms in total. The van der Waals surface area contributed by atoms with E-state index >= 15 is 0 Å². The van der Waals surface area contributed by atoms with Gasteiger partial charge < -0.3 is 4.74 Å². The van der Waals surface area contributed by atoms with E-state index < -0.39 is 0 Å². The van der Waals surface area contributed by atoms with Crippen molar-refractivity contribution in [1.29, 1.82) is 0 Å². The number of nitrogens with two attached hydrogens (primary N) is 1. The molecule has 1 aliphatic rings. The van der Waals surface area contributed by atoms with E-state index in [9.17, 15) is 4.79 Å². The molecule has 0 saturated carbocycles. The number of carbonyl (C=O) groups is 1. The first-order valence-electron chi connectivity index (χ1n) is 5.92. The van der Waals surface area contributed by atoms with Crippen LogP contribution in [0, 0.1) is 0 Å². The van der Waals surface area contributed by atoms with Crippen molar-refractivity contribution in [3.05, 3.63) is 29.3 Å². The van der Waals surface area contributed by atoms with Crippen molar-refractivity contribution in [2.24, 2.45) is 5.84 Å². The van der Waals surface area contributed by atoms with Crippen LogP contribution in [0.1, 0.15) is 24.0 Å². The predicted molar refractivity (Wildman–Crippen MR) is 65.5 cm³/mol. The number of aryl methyl sites for hydroxylation is 1. The molecule has 4 heteroatoms. The van der Waals surface area contributed by atoms with Crippen molar-refractivity contribution in [3.63, 3.8) is 0 Å². The molecule has 92 valence electrons. The van der Waals surface area contributed by atoms with E-state index in [1.54, 1.807) is 7.05 Å². The van der Waals surface area contributed by atoms with Gasteiger partial charge in [0, 0.05) is 19.9 Å². The van der Waals surface area contributed by atoms with Crippen LogP contribution in [-0.2, 0) is 17.6 Å². The van der Waals surface area contributed by atoms with Crippen LogP contribution in [-0.4, -0.2) is 24.6 Å². The Labute approximate surface area is 101 Å². The number of ether oxygens (including phenoxy) is 1. The lowest BCUT2D eigenvalue weighted by atomic mass is 10.0. The smallest absolute Gasteiger partial charge is 0.236 e. The minimum atomic E-state index is -0.0190. The minimum absolute atomic E-state index is 0.0190. The van der Waals surface area contributed by atoms with Crippen LogP contribution in [0.15, 0.2) is 18.2 Å². The molecule has 0 aromatic heterocycles. The zero-order valence-corrected chi connectivity index (χ0v) is 10.1. The molecule has 0 aliphatic carbocycles. The number of hydrogen-bond donors (Lipinski definition) is 1. The maximum atomic E-state index is 11.3. The fourth-order valence-electron chi connectivity index (χ4n) is 2.02. The highest BCUT2D eigenvalue weighted by atomic mass is 16.5. The molecule has 2 N–H and O–H groups in total. The van der Waals surface area contributed by atoms with Crippen molar-refractivity contribution >= 4 is 5.91 Å². The largest absolute Gasteiger partial charge is 0.493 e. The van der Waals surface area contributed by atoms with Gasteiger partial charge in [0.1, 0.15) is 5.75 Å². The maximum Gasteiger partial charge on any atom is 0.236 e. The number of amides is 1. The number of carbonyl (C=O) groups excluding carboxylic acids is 1. The summed E-state index contributed by atoms with van der Waals surface area (Å²) in [6.07, 6.45) is 3.24. The van der Waals surface area contributed by atoms with Crippen LogP contribution >= 0.6 is 0 Å². The van der Waals surface area contributed by atoms with Gasteiger partial charge in [-0.05, 0) is 30.0 Å². The van der Waals surface area contributed by atoms with Gasteiger partial charge in [-0.3, -0.25) is 9.80 Å². The molecule has 0 spiro atoms. The van der Waals surface area contributed by atoms with Crippen LogP contribution in [0.4, 0.5) is 0 Å². The number of benzene rings is 1. The molecule has 1 aromatic carbocycles. The van der Waals surface area contributed by atoms with Gasteiger partial charge in [-0.2, -0.15) is 0 Å². The van der Waals surface area contributed by atoms with Gasteiger partial charge in [0.25, 0.3) is 0 Å². The fourth-order valence-corrected chi connectivity index (χ4v) is 2.02.